The van der Waals surface area contributed by atoms with Gasteiger partial charge in [0.25, 0.3) is 5.91 Å². The highest BCUT2D eigenvalue weighted by atomic mass is 16.5. The maximum absolute atomic E-state index is 13.0. The SMILES string of the molecule is COCC(C)n1c(C)cc(/C=C(/C#N)C(=O)N2CCN(Cc3cc(C)no3)CC2)c1C. The van der Waals surface area contributed by atoms with Crippen molar-refractivity contribution >= 4 is 12.0 Å². The molecule has 0 aromatic carbocycles. The molecule has 8 heteroatoms. The molecule has 1 aliphatic rings. The molecule has 1 fully saturated rings. The van der Waals surface area contributed by atoms with Gasteiger partial charge in [0.15, 0.2) is 5.76 Å². The summed E-state index contributed by atoms with van der Waals surface area (Å²) in [6.45, 7) is 11.9. The lowest BCUT2D eigenvalue weighted by Crippen LogP contribution is -2.48. The highest BCUT2D eigenvalue weighted by Gasteiger charge is 2.25. The minimum atomic E-state index is -0.215. The maximum atomic E-state index is 13.0. The molecule has 1 amide bonds. The van der Waals surface area contributed by atoms with Gasteiger partial charge in [-0.05, 0) is 45.4 Å². The fourth-order valence-electron chi connectivity index (χ4n) is 4.23. The molecule has 0 bridgehead atoms. The van der Waals surface area contributed by atoms with Gasteiger partial charge in [-0.3, -0.25) is 9.69 Å². The molecule has 8 nitrogen and oxygen atoms in total. The summed E-state index contributed by atoms with van der Waals surface area (Å²) < 4.78 is 12.7. The quantitative estimate of drug-likeness (QED) is 0.501. The third kappa shape index (κ3) is 5.24. The van der Waals surface area contributed by atoms with Crippen molar-refractivity contribution in [1.82, 2.24) is 19.5 Å². The summed E-state index contributed by atoms with van der Waals surface area (Å²) in [5.41, 5.74) is 4.02. The average Bonchev–Trinajstić information content (AvgIpc) is 3.28. The molecule has 1 aliphatic heterocycles. The fourth-order valence-corrected chi connectivity index (χ4v) is 4.23. The number of piperazine rings is 1. The predicted octanol–water partition coefficient (Wildman–Crippen LogP) is 2.86. The largest absolute Gasteiger partial charge is 0.383 e. The third-order valence-electron chi connectivity index (χ3n) is 5.74. The average molecular weight is 426 g/mol. The van der Waals surface area contributed by atoms with Crippen molar-refractivity contribution in [2.45, 2.75) is 40.3 Å². The minimum absolute atomic E-state index is 0.166. The number of hydrogen-bond acceptors (Lipinski definition) is 6. The van der Waals surface area contributed by atoms with Gasteiger partial charge < -0.3 is 18.7 Å². The minimum Gasteiger partial charge on any atom is -0.383 e. The molecule has 0 saturated carbocycles. The molecule has 0 radical (unpaired) electrons. The smallest absolute Gasteiger partial charge is 0.264 e. The number of carbonyl (C=O) groups is 1. The molecule has 0 spiro atoms. The summed E-state index contributed by atoms with van der Waals surface area (Å²) in [5.74, 6) is 0.611. The number of nitrogens with zero attached hydrogens (tertiary/aromatic N) is 5. The van der Waals surface area contributed by atoms with E-state index >= 15 is 0 Å². The monoisotopic (exact) mass is 425 g/mol. The van der Waals surface area contributed by atoms with E-state index in [0.717, 1.165) is 41.5 Å². The van der Waals surface area contributed by atoms with Gasteiger partial charge in [-0.15, -0.1) is 0 Å². The summed E-state index contributed by atoms with van der Waals surface area (Å²) in [4.78, 5) is 17.0. The third-order valence-corrected chi connectivity index (χ3v) is 5.74. The molecular weight excluding hydrogens is 394 g/mol. The first kappa shape index (κ1) is 22.8. The van der Waals surface area contributed by atoms with Crippen molar-refractivity contribution in [2.75, 3.05) is 39.9 Å². The number of ether oxygens (including phenoxy) is 1. The molecule has 2 aromatic rings. The zero-order valence-electron chi connectivity index (χ0n) is 19.0. The van der Waals surface area contributed by atoms with Crippen LogP contribution in [0.4, 0.5) is 0 Å². The second kappa shape index (κ2) is 9.94. The van der Waals surface area contributed by atoms with Crippen LogP contribution in [0.1, 0.15) is 41.4 Å². The highest BCUT2D eigenvalue weighted by Crippen LogP contribution is 2.23. The Morgan fingerprint density at radius 1 is 1.29 bits per heavy atom. The van der Waals surface area contributed by atoms with Gasteiger partial charge in [0.1, 0.15) is 11.6 Å². The number of rotatable bonds is 7. The second-order valence-corrected chi connectivity index (χ2v) is 8.17. The molecular formula is C23H31N5O3. The summed E-state index contributed by atoms with van der Waals surface area (Å²) in [5, 5.41) is 13.6. The van der Waals surface area contributed by atoms with Crippen LogP contribution >= 0.6 is 0 Å². The Morgan fingerprint density at radius 2 is 2.00 bits per heavy atom. The van der Waals surface area contributed by atoms with E-state index in [0.29, 0.717) is 26.2 Å². The predicted molar refractivity (Wildman–Crippen MR) is 117 cm³/mol. The van der Waals surface area contributed by atoms with Crippen LogP contribution in [0.25, 0.3) is 6.08 Å². The van der Waals surface area contributed by atoms with Crippen LogP contribution in [0.2, 0.25) is 0 Å². The van der Waals surface area contributed by atoms with Crippen molar-refractivity contribution in [3.05, 3.63) is 46.1 Å². The Labute approximate surface area is 183 Å². The Bertz CT molecular complexity index is 990. The van der Waals surface area contributed by atoms with Crippen LogP contribution in [0.15, 0.2) is 22.2 Å². The van der Waals surface area contributed by atoms with Crippen molar-refractivity contribution in [1.29, 1.82) is 5.26 Å². The van der Waals surface area contributed by atoms with Gasteiger partial charge in [-0.1, -0.05) is 5.16 Å². The molecule has 1 saturated heterocycles. The van der Waals surface area contributed by atoms with Gasteiger partial charge in [0.2, 0.25) is 0 Å². The van der Waals surface area contributed by atoms with E-state index in [-0.39, 0.29) is 17.5 Å². The van der Waals surface area contributed by atoms with Crippen LogP contribution in [-0.2, 0) is 16.1 Å². The zero-order valence-corrected chi connectivity index (χ0v) is 19.0. The van der Waals surface area contributed by atoms with E-state index in [1.54, 1.807) is 18.1 Å². The Hall–Kier alpha value is -2.89. The Balaban J connectivity index is 1.68. The van der Waals surface area contributed by atoms with Crippen LogP contribution in [-0.4, -0.2) is 65.3 Å². The molecule has 0 aliphatic carbocycles. The summed E-state index contributed by atoms with van der Waals surface area (Å²) in [7, 11) is 1.68. The summed E-state index contributed by atoms with van der Waals surface area (Å²) in [6.07, 6.45) is 1.71. The van der Waals surface area contributed by atoms with Gasteiger partial charge in [0.05, 0.1) is 24.9 Å². The number of aryl methyl sites for hydroxylation is 2. The molecule has 31 heavy (non-hydrogen) atoms. The van der Waals surface area contributed by atoms with Gasteiger partial charge >= 0.3 is 0 Å². The van der Waals surface area contributed by atoms with E-state index in [1.165, 1.54) is 0 Å². The zero-order chi connectivity index (χ0) is 22.5. The lowest BCUT2D eigenvalue weighted by Gasteiger charge is -2.34. The maximum Gasteiger partial charge on any atom is 0.264 e. The normalized spacial score (nSPS) is 16.4. The van der Waals surface area contributed by atoms with Crippen molar-refractivity contribution in [2.24, 2.45) is 0 Å². The molecule has 1 atom stereocenters. The van der Waals surface area contributed by atoms with Crippen LogP contribution in [0, 0.1) is 32.1 Å². The van der Waals surface area contributed by atoms with E-state index in [2.05, 4.69) is 27.6 Å². The lowest BCUT2D eigenvalue weighted by atomic mass is 10.1. The molecule has 166 valence electrons. The van der Waals surface area contributed by atoms with Gasteiger partial charge in [-0.25, -0.2) is 0 Å². The number of aromatic nitrogens is 2. The van der Waals surface area contributed by atoms with Gasteiger partial charge in [-0.2, -0.15) is 5.26 Å². The first-order valence-electron chi connectivity index (χ1n) is 10.6. The number of methoxy groups -OCH3 is 1. The number of nitriles is 1. The van der Waals surface area contributed by atoms with Crippen LogP contribution in [0.5, 0.6) is 0 Å². The number of carbonyl (C=O) groups excluding carboxylic acids is 1. The summed E-state index contributed by atoms with van der Waals surface area (Å²) >= 11 is 0. The number of hydrogen-bond donors (Lipinski definition) is 0. The molecule has 0 N–H and O–H groups in total. The fraction of sp³-hybridized carbons (Fsp3) is 0.522. The van der Waals surface area contributed by atoms with Crippen LogP contribution in [0.3, 0.4) is 0 Å². The molecule has 1 unspecified atom stereocenters. The van der Waals surface area contributed by atoms with E-state index in [1.807, 2.05) is 32.9 Å². The Morgan fingerprint density at radius 3 is 2.58 bits per heavy atom. The lowest BCUT2D eigenvalue weighted by molar-refractivity contribution is -0.128. The van der Waals surface area contributed by atoms with E-state index in [9.17, 15) is 10.1 Å². The van der Waals surface area contributed by atoms with Gasteiger partial charge in [0, 0.05) is 50.7 Å². The van der Waals surface area contributed by atoms with E-state index < -0.39 is 0 Å². The van der Waals surface area contributed by atoms with E-state index in [4.69, 9.17) is 9.26 Å². The molecule has 3 heterocycles. The first-order chi connectivity index (χ1) is 14.8. The topological polar surface area (TPSA) is 87.5 Å². The first-order valence-corrected chi connectivity index (χ1v) is 10.6. The second-order valence-electron chi connectivity index (χ2n) is 8.17. The number of amides is 1. The highest BCUT2D eigenvalue weighted by molar-refractivity contribution is 6.01. The Kier molecular flexibility index (Phi) is 7.31. The summed E-state index contributed by atoms with van der Waals surface area (Å²) in [6, 6.07) is 6.23. The van der Waals surface area contributed by atoms with Crippen molar-refractivity contribution in [3.8, 4) is 6.07 Å². The molecule has 3 rings (SSSR count). The standard InChI is InChI=1S/C23H31N5O3/c1-16-10-22(31-25-16)14-26-6-8-27(9-7-26)23(29)21(13-24)12-20-11-17(2)28(19(20)4)18(3)15-30-5/h10-12,18H,6-9,14-15H2,1-5H3/b21-12-. The molecule has 2 aromatic heterocycles. The van der Waals surface area contributed by atoms with Crippen LogP contribution < -0.4 is 0 Å². The van der Waals surface area contributed by atoms with Crippen molar-refractivity contribution < 1.29 is 14.1 Å². The van der Waals surface area contributed by atoms with Crippen molar-refractivity contribution in [3.63, 3.8) is 0 Å².